The molecule has 0 saturated heterocycles. The van der Waals surface area contributed by atoms with Crippen LogP contribution in [0.4, 0.5) is 17.1 Å². The number of hydrogen-bond acceptors (Lipinski definition) is 2. The van der Waals surface area contributed by atoms with Crippen LogP contribution in [-0.2, 0) is 5.41 Å². The Morgan fingerprint density at radius 2 is 1.05 bits per heavy atom. The Morgan fingerprint density at radius 3 is 1.50 bits per heavy atom. The van der Waals surface area contributed by atoms with E-state index in [0.29, 0.717) is 0 Å². The molecule has 4 rings (SSSR count). The predicted molar refractivity (Wildman–Crippen MR) is 192 cm³/mol. The van der Waals surface area contributed by atoms with E-state index in [2.05, 4.69) is 150 Å². The van der Waals surface area contributed by atoms with E-state index in [-0.39, 0.29) is 5.41 Å². The normalized spacial score (nSPS) is 12.1. The van der Waals surface area contributed by atoms with Gasteiger partial charge in [0.05, 0.1) is 0 Å². The molecule has 1 aromatic heterocycles. The third-order valence-corrected chi connectivity index (χ3v) is 28.3. The second kappa shape index (κ2) is 15.1. The van der Waals surface area contributed by atoms with Gasteiger partial charge >= 0.3 is 234 Å². The van der Waals surface area contributed by atoms with Crippen molar-refractivity contribution in [2.75, 3.05) is 4.90 Å². The van der Waals surface area contributed by atoms with Crippen molar-refractivity contribution in [3.05, 3.63) is 96.1 Å². The Kier molecular flexibility index (Phi) is 11.8. The zero-order valence-corrected chi connectivity index (χ0v) is 31.0. The molecule has 0 bridgehead atoms. The molecular formula is C39H53NSSn. The summed E-state index contributed by atoms with van der Waals surface area (Å²) in [6.45, 7) is 16.1. The van der Waals surface area contributed by atoms with Gasteiger partial charge in [-0.3, -0.25) is 0 Å². The molecule has 224 valence electrons. The van der Waals surface area contributed by atoms with Crippen LogP contribution in [0.15, 0.2) is 84.9 Å². The van der Waals surface area contributed by atoms with Crippen LogP contribution in [0, 0.1) is 6.92 Å². The van der Waals surface area contributed by atoms with Gasteiger partial charge in [-0.15, -0.1) is 0 Å². The maximum atomic E-state index is 2.56. The first-order chi connectivity index (χ1) is 20.2. The number of anilines is 3. The van der Waals surface area contributed by atoms with E-state index in [1.54, 1.807) is 0 Å². The number of aryl methyl sites for hydroxylation is 1. The van der Waals surface area contributed by atoms with Crippen molar-refractivity contribution in [1.82, 2.24) is 0 Å². The Balaban J connectivity index is 1.67. The number of rotatable bonds is 14. The van der Waals surface area contributed by atoms with Crippen LogP contribution in [0.1, 0.15) is 91.2 Å². The van der Waals surface area contributed by atoms with E-state index in [9.17, 15) is 0 Å². The minimum atomic E-state index is -2.41. The van der Waals surface area contributed by atoms with Crippen LogP contribution >= 0.6 is 11.3 Å². The summed E-state index contributed by atoms with van der Waals surface area (Å²) in [5.41, 5.74) is 7.71. The molecule has 0 aliphatic carbocycles. The summed E-state index contributed by atoms with van der Waals surface area (Å²) < 4.78 is 6.41. The number of benzene rings is 3. The molecule has 0 saturated carbocycles. The molecule has 0 aliphatic heterocycles. The van der Waals surface area contributed by atoms with Crippen LogP contribution in [0.25, 0.3) is 10.4 Å². The van der Waals surface area contributed by atoms with Gasteiger partial charge in [0.25, 0.3) is 0 Å². The fourth-order valence-corrected chi connectivity index (χ4v) is 26.2. The summed E-state index contributed by atoms with van der Waals surface area (Å²) in [5, 5.41) is 0. The average molecular weight is 687 g/mol. The Morgan fingerprint density at radius 1 is 0.595 bits per heavy atom. The molecule has 0 amide bonds. The molecule has 3 aromatic carbocycles. The van der Waals surface area contributed by atoms with Crippen molar-refractivity contribution in [1.29, 1.82) is 0 Å². The molecular weight excluding hydrogens is 633 g/mol. The van der Waals surface area contributed by atoms with Gasteiger partial charge in [-0.05, 0) is 12.3 Å². The Hall–Kier alpha value is -2.04. The SMILES string of the molecule is CCC[CH2][Sn]([CH2]CCC)([CH2]CCC)[c]1ccc(-c2ccc(N(c3ccc(C)cc3)c3ccc(C(C)(C)C)cc3)cc2)s1. The van der Waals surface area contributed by atoms with Gasteiger partial charge in [-0.2, -0.15) is 0 Å². The fraction of sp³-hybridized carbons (Fsp3) is 0.436. The van der Waals surface area contributed by atoms with Crippen molar-refractivity contribution < 1.29 is 0 Å². The zero-order valence-electron chi connectivity index (χ0n) is 27.3. The van der Waals surface area contributed by atoms with E-state index in [0.717, 1.165) is 0 Å². The Labute approximate surface area is 265 Å². The molecule has 3 heteroatoms. The molecule has 0 N–H and O–H groups in total. The molecule has 1 heterocycles. The summed E-state index contributed by atoms with van der Waals surface area (Å²) >= 11 is -0.270. The molecule has 0 atom stereocenters. The number of unbranched alkanes of at least 4 members (excludes halogenated alkanes) is 3. The summed E-state index contributed by atoms with van der Waals surface area (Å²) in [7, 11) is 0. The van der Waals surface area contributed by atoms with E-state index in [1.807, 2.05) is 2.89 Å². The third kappa shape index (κ3) is 8.11. The maximum absolute atomic E-state index is 2.56. The molecule has 0 aliphatic rings. The van der Waals surface area contributed by atoms with Crippen LogP contribution < -0.4 is 7.79 Å². The van der Waals surface area contributed by atoms with Gasteiger partial charge in [0.2, 0.25) is 0 Å². The van der Waals surface area contributed by atoms with Crippen molar-refractivity contribution in [3.8, 4) is 10.4 Å². The van der Waals surface area contributed by atoms with Gasteiger partial charge < -0.3 is 0 Å². The van der Waals surface area contributed by atoms with E-state index in [4.69, 9.17) is 0 Å². The summed E-state index contributed by atoms with van der Waals surface area (Å²) in [4.78, 5) is 3.83. The molecule has 4 aromatic rings. The van der Waals surface area contributed by atoms with Gasteiger partial charge in [0.15, 0.2) is 0 Å². The first-order valence-electron chi connectivity index (χ1n) is 16.4. The van der Waals surface area contributed by atoms with Crippen LogP contribution in [0.3, 0.4) is 0 Å². The van der Waals surface area contributed by atoms with Crippen molar-refractivity contribution in [2.24, 2.45) is 0 Å². The van der Waals surface area contributed by atoms with E-state index >= 15 is 0 Å². The number of thiophene rings is 1. The molecule has 0 radical (unpaired) electrons. The van der Waals surface area contributed by atoms with Gasteiger partial charge in [0, 0.05) is 0 Å². The number of nitrogens with zero attached hydrogens (tertiary/aromatic N) is 1. The fourth-order valence-electron chi connectivity index (χ4n) is 6.09. The third-order valence-electron chi connectivity index (χ3n) is 8.85. The van der Waals surface area contributed by atoms with Crippen LogP contribution in [0.5, 0.6) is 0 Å². The summed E-state index contributed by atoms with van der Waals surface area (Å²) in [5.74, 6) is 0. The standard InChI is InChI=1S/C27H26NS.3C4H9.Sn/c1-20-7-13-23(14-8-20)28(25-17-11-22(12-18-25)27(2,3)4)24-15-9-21(10-16-24)26-6-5-19-29-26;3*1-3-4-2;/h5-18H,1-4H3;3*1,3-4H2,2H3;. The second-order valence-corrected chi connectivity index (χ2v) is 28.5. The van der Waals surface area contributed by atoms with E-state index in [1.165, 1.54) is 90.5 Å². The van der Waals surface area contributed by atoms with Crippen molar-refractivity contribution in [3.63, 3.8) is 0 Å². The second-order valence-electron chi connectivity index (χ2n) is 13.3. The van der Waals surface area contributed by atoms with Crippen molar-refractivity contribution >= 4 is 49.7 Å². The summed E-state index contributed by atoms with van der Waals surface area (Å²) in [6.07, 6.45) is 8.22. The first kappa shape index (κ1) is 32.9. The molecule has 0 unspecified atom stereocenters. The van der Waals surface area contributed by atoms with Crippen molar-refractivity contribution in [2.45, 2.75) is 106 Å². The molecule has 1 nitrogen and oxygen atoms in total. The molecule has 0 spiro atoms. The monoisotopic (exact) mass is 687 g/mol. The van der Waals surface area contributed by atoms with Gasteiger partial charge in [0.1, 0.15) is 0 Å². The van der Waals surface area contributed by atoms with Crippen LogP contribution in [0.2, 0.25) is 13.3 Å². The first-order valence-corrected chi connectivity index (χ1v) is 24.7. The molecule has 42 heavy (non-hydrogen) atoms. The summed E-state index contributed by atoms with van der Waals surface area (Å²) in [6, 6.07) is 32.3. The number of hydrogen-bond donors (Lipinski definition) is 0. The zero-order chi connectivity index (χ0) is 30.2. The quantitative estimate of drug-likeness (QED) is 0.119. The topological polar surface area (TPSA) is 3.24 Å². The average Bonchev–Trinajstić information content (AvgIpc) is 3.49. The minimum absolute atomic E-state index is 0.139. The van der Waals surface area contributed by atoms with Gasteiger partial charge in [-0.1, -0.05) is 20.8 Å². The van der Waals surface area contributed by atoms with Gasteiger partial charge in [-0.25, -0.2) is 0 Å². The van der Waals surface area contributed by atoms with Crippen LogP contribution in [-0.4, -0.2) is 18.4 Å². The van der Waals surface area contributed by atoms with E-state index < -0.39 is 18.4 Å². The Bertz CT molecular complexity index is 1340. The predicted octanol–water partition coefficient (Wildman–Crippen LogP) is 12.5. The molecule has 0 fully saturated rings.